The molecule has 0 atom stereocenters. The summed E-state index contributed by atoms with van der Waals surface area (Å²) in [4.78, 5) is 22.2. The average molecular weight is 325 g/mol. The Morgan fingerprint density at radius 1 is 1.12 bits per heavy atom. The Labute approximate surface area is 140 Å². The predicted molar refractivity (Wildman–Crippen MR) is 95.0 cm³/mol. The summed E-state index contributed by atoms with van der Waals surface area (Å²) in [5.74, 6) is 4.52. The van der Waals surface area contributed by atoms with Crippen LogP contribution in [0.1, 0.15) is 21.5 Å². The molecule has 2 aromatic carbocycles. The average Bonchev–Trinajstić information content (AvgIpc) is 2.59. The van der Waals surface area contributed by atoms with Gasteiger partial charge in [-0.05, 0) is 36.4 Å². The monoisotopic (exact) mass is 325 g/mol. The Kier molecular flexibility index (Phi) is 5.34. The lowest BCUT2D eigenvalue weighted by Gasteiger charge is -2.13. The molecule has 2 rings (SSSR count). The van der Waals surface area contributed by atoms with E-state index in [2.05, 4.69) is 11.6 Å². The van der Waals surface area contributed by atoms with Crippen LogP contribution in [0, 0.1) is 0 Å². The number of hydrogen-bond donors (Lipinski definition) is 2. The van der Waals surface area contributed by atoms with Gasteiger partial charge in [0.2, 0.25) is 5.90 Å². The van der Waals surface area contributed by atoms with E-state index in [4.69, 9.17) is 15.8 Å². The van der Waals surface area contributed by atoms with Gasteiger partial charge >= 0.3 is 5.97 Å². The number of nitrogens with zero attached hydrogens (tertiary/aromatic N) is 2. The zero-order valence-corrected chi connectivity index (χ0v) is 13.6. The number of rotatable bonds is 5. The van der Waals surface area contributed by atoms with Gasteiger partial charge in [0.25, 0.3) is 0 Å². The van der Waals surface area contributed by atoms with Crippen LogP contribution in [0.5, 0.6) is 0 Å². The highest BCUT2D eigenvalue weighted by Crippen LogP contribution is 2.18. The van der Waals surface area contributed by atoms with Crippen molar-refractivity contribution in [2.24, 2.45) is 10.9 Å². The summed E-state index contributed by atoms with van der Waals surface area (Å²) >= 11 is 0. The van der Waals surface area contributed by atoms with Gasteiger partial charge in [0.05, 0.1) is 11.3 Å². The van der Waals surface area contributed by atoms with Crippen LogP contribution in [0.2, 0.25) is 0 Å². The first kappa shape index (κ1) is 17.2. The Morgan fingerprint density at radius 3 is 2.29 bits per heavy atom. The van der Waals surface area contributed by atoms with Crippen molar-refractivity contribution >= 4 is 23.3 Å². The first-order valence-electron chi connectivity index (χ1n) is 7.18. The minimum atomic E-state index is -1.01. The molecule has 3 N–H and O–H groups in total. The number of aliphatic imine (C=N–C) groups is 1. The lowest BCUT2D eigenvalue weighted by molar-refractivity contribution is 0.0697. The van der Waals surface area contributed by atoms with Gasteiger partial charge in [0.1, 0.15) is 0 Å². The van der Waals surface area contributed by atoms with Gasteiger partial charge in [-0.15, -0.1) is 0 Å². The van der Waals surface area contributed by atoms with Crippen molar-refractivity contribution in [3.8, 4) is 0 Å². The topological polar surface area (TPSA) is 88.2 Å². The molecular weight excluding hydrogens is 306 g/mol. The largest absolute Gasteiger partial charge is 0.478 e. The van der Waals surface area contributed by atoms with Crippen LogP contribution >= 0.6 is 0 Å². The third kappa shape index (κ3) is 3.99. The fourth-order valence-electron chi connectivity index (χ4n) is 2.08. The first-order valence-corrected chi connectivity index (χ1v) is 7.18. The van der Waals surface area contributed by atoms with E-state index >= 15 is 0 Å². The number of nitrogens with two attached hydrogens (primary N) is 1. The SMILES string of the molecule is C=C(/N=C(\ON)c1ccc(N(C)C)cc1)c1cccc(C(=O)O)c1. The van der Waals surface area contributed by atoms with E-state index in [1.807, 2.05) is 43.3 Å². The quantitative estimate of drug-likeness (QED) is 0.501. The lowest BCUT2D eigenvalue weighted by Crippen LogP contribution is -2.13. The molecule has 0 amide bonds. The van der Waals surface area contributed by atoms with Crippen LogP contribution in [-0.2, 0) is 4.84 Å². The number of carboxylic acid groups (broad SMARTS) is 1. The molecule has 0 bridgehead atoms. The second-order valence-corrected chi connectivity index (χ2v) is 5.31. The minimum absolute atomic E-state index is 0.161. The third-order valence-corrected chi connectivity index (χ3v) is 3.42. The molecule has 0 aliphatic heterocycles. The van der Waals surface area contributed by atoms with E-state index in [0.29, 0.717) is 16.8 Å². The molecule has 0 unspecified atom stereocenters. The third-order valence-electron chi connectivity index (χ3n) is 3.42. The highest BCUT2D eigenvalue weighted by molar-refractivity contribution is 5.98. The van der Waals surface area contributed by atoms with Gasteiger partial charge in [0, 0.05) is 30.9 Å². The molecule has 0 aliphatic rings. The molecule has 124 valence electrons. The summed E-state index contributed by atoms with van der Waals surface area (Å²) in [6.45, 7) is 3.86. The van der Waals surface area contributed by atoms with E-state index < -0.39 is 5.97 Å². The Morgan fingerprint density at radius 2 is 1.75 bits per heavy atom. The van der Waals surface area contributed by atoms with Crippen LogP contribution in [-0.4, -0.2) is 31.1 Å². The zero-order valence-electron chi connectivity index (χ0n) is 13.6. The maximum atomic E-state index is 11.0. The van der Waals surface area contributed by atoms with E-state index in [1.165, 1.54) is 12.1 Å². The number of benzene rings is 2. The highest BCUT2D eigenvalue weighted by atomic mass is 16.6. The fraction of sp³-hybridized carbons (Fsp3) is 0.111. The maximum Gasteiger partial charge on any atom is 0.335 e. The number of carboxylic acids is 1. The van der Waals surface area contributed by atoms with Crippen molar-refractivity contribution < 1.29 is 14.7 Å². The van der Waals surface area contributed by atoms with Crippen LogP contribution in [0.4, 0.5) is 5.69 Å². The molecule has 0 saturated heterocycles. The van der Waals surface area contributed by atoms with Crippen molar-refractivity contribution in [3.63, 3.8) is 0 Å². The highest BCUT2D eigenvalue weighted by Gasteiger charge is 2.09. The standard InChI is InChI=1S/C18H19N3O3/c1-12(14-5-4-6-15(11-14)18(22)23)20-17(24-19)13-7-9-16(10-8-13)21(2)3/h4-11H,1,19H2,2-3H3,(H,22,23)/b20-17-. The summed E-state index contributed by atoms with van der Waals surface area (Å²) in [5.41, 5.74) is 2.82. The zero-order chi connectivity index (χ0) is 17.7. The van der Waals surface area contributed by atoms with Crippen LogP contribution in [0.25, 0.3) is 5.70 Å². The van der Waals surface area contributed by atoms with Gasteiger partial charge in [-0.3, -0.25) is 0 Å². The van der Waals surface area contributed by atoms with Crippen LogP contribution < -0.4 is 10.8 Å². The fourth-order valence-corrected chi connectivity index (χ4v) is 2.08. The van der Waals surface area contributed by atoms with Crippen molar-refractivity contribution in [3.05, 3.63) is 71.8 Å². The molecule has 0 radical (unpaired) electrons. The van der Waals surface area contributed by atoms with Gasteiger partial charge in [-0.25, -0.2) is 9.79 Å². The van der Waals surface area contributed by atoms with Crippen molar-refractivity contribution in [2.75, 3.05) is 19.0 Å². The smallest absolute Gasteiger partial charge is 0.335 e. The Balaban J connectivity index is 2.30. The summed E-state index contributed by atoms with van der Waals surface area (Å²) in [6, 6.07) is 13.9. The summed E-state index contributed by atoms with van der Waals surface area (Å²) in [6.07, 6.45) is 0. The Hall–Kier alpha value is -3.12. The summed E-state index contributed by atoms with van der Waals surface area (Å²) in [7, 11) is 3.89. The molecule has 0 heterocycles. The van der Waals surface area contributed by atoms with Gasteiger partial charge < -0.3 is 14.8 Å². The molecule has 24 heavy (non-hydrogen) atoms. The van der Waals surface area contributed by atoms with Gasteiger partial charge in [0.15, 0.2) is 0 Å². The van der Waals surface area contributed by atoms with Gasteiger partial charge in [-0.2, -0.15) is 5.90 Å². The molecule has 6 nitrogen and oxygen atoms in total. The molecule has 0 spiro atoms. The Bertz CT molecular complexity index is 780. The van der Waals surface area contributed by atoms with Crippen molar-refractivity contribution in [1.29, 1.82) is 0 Å². The first-order chi connectivity index (χ1) is 11.4. The summed E-state index contributed by atoms with van der Waals surface area (Å²) in [5, 5.41) is 9.05. The minimum Gasteiger partial charge on any atom is -0.478 e. The summed E-state index contributed by atoms with van der Waals surface area (Å²) < 4.78 is 0. The van der Waals surface area contributed by atoms with E-state index in [0.717, 1.165) is 5.69 Å². The molecule has 0 aliphatic carbocycles. The van der Waals surface area contributed by atoms with Gasteiger partial charge in [-0.1, -0.05) is 18.7 Å². The van der Waals surface area contributed by atoms with Crippen molar-refractivity contribution in [1.82, 2.24) is 0 Å². The number of hydrogen-bond acceptors (Lipinski definition) is 5. The molecule has 6 heteroatoms. The predicted octanol–water partition coefficient (Wildman–Crippen LogP) is 2.76. The number of carbonyl (C=O) groups is 1. The molecule has 0 saturated carbocycles. The second kappa shape index (κ2) is 7.43. The maximum absolute atomic E-state index is 11.0. The normalized spacial score (nSPS) is 11.0. The number of aromatic carboxylic acids is 1. The van der Waals surface area contributed by atoms with Crippen LogP contribution in [0.15, 0.2) is 60.1 Å². The molecule has 2 aromatic rings. The number of anilines is 1. The van der Waals surface area contributed by atoms with Crippen LogP contribution in [0.3, 0.4) is 0 Å². The van der Waals surface area contributed by atoms with E-state index in [9.17, 15) is 4.79 Å². The van der Waals surface area contributed by atoms with Crippen molar-refractivity contribution in [2.45, 2.75) is 0 Å². The van der Waals surface area contributed by atoms with E-state index in [-0.39, 0.29) is 11.5 Å². The molecule has 0 fully saturated rings. The second-order valence-electron chi connectivity index (χ2n) is 5.31. The van der Waals surface area contributed by atoms with E-state index in [1.54, 1.807) is 12.1 Å². The molecular formula is C18H19N3O3. The lowest BCUT2D eigenvalue weighted by atomic mass is 10.1. The molecule has 0 aromatic heterocycles.